The van der Waals surface area contributed by atoms with Crippen molar-refractivity contribution in [3.05, 3.63) is 165 Å². The smallest absolute Gasteiger partial charge is 0.272 e. The zero-order chi connectivity index (χ0) is 33.3. The number of halogens is 2. The Morgan fingerprint density at radius 2 is 1.43 bits per heavy atom. The van der Waals surface area contributed by atoms with Crippen molar-refractivity contribution in [2.75, 3.05) is 10.6 Å². The summed E-state index contributed by atoms with van der Waals surface area (Å²) in [6.07, 6.45) is 1.50. The molecule has 0 saturated carbocycles. The summed E-state index contributed by atoms with van der Waals surface area (Å²) in [5, 5.41) is 8.89. The second-order valence-corrected chi connectivity index (χ2v) is 12.8. The first-order valence-corrected chi connectivity index (χ1v) is 16.3. The topological polar surface area (TPSA) is 87.3 Å². The highest BCUT2D eigenvalue weighted by molar-refractivity contribution is 8.00. The van der Waals surface area contributed by atoms with Crippen molar-refractivity contribution in [3.63, 3.8) is 0 Å². The summed E-state index contributed by atoms with van der Waals surface area (Å²) in [6.45, 7) is 3.98. The third kappa shape index (κ3) is 9.14. The van der Waals surface area contributed by atoms with E-state index in [2.05, 4.69) is 16.0 Å². The molecule has 0 bridgehead atoms. The summed E-state index contributed by atoms with van der Waals surface area (Å²) >= 11 is 13.8. The Labute approximate surface area is 288 Å². The van der Waals surface area contributed by atoms with Gasteiger partial charge in [-0.1, -0.05) is 95.5 Å². The van der Waals surface area contributed by atoms with Gasteiger partial charge in [0.1, 0.15) is 10.9 Å². The number of anilines is 2. The van der Waals surface area contributed by atoms with Crippen molar-refractivity contribution < 1.29 is 14.4 Å². The van der Waals surface area contributed by atoms with Gasteiger partial charge in [-0.25, -0.2) is 0 Å². The molecule has 5 aromatic carbocycles. The van der Waals surface area contributed by atoms with Crippen molar-refractivity contribution in [1.29, 1.82) is 0 Å². The number of benzene rings is 5. The third-order valence-electron chi connectivity index (χ3n) is 7.14. The molecule has 236 valence electrons. The molecule has 1 atom stereocenters. The normalized spacial score (nSPS) is 11.8. The maximum Gasteiger partial charge on any atom is 0.272 e. The first-order chi connectivity index (χ1) is 22.7. The molecule has 0 aromatic heterocycles. The molecule has 3 N–H and O–H groups in total. The lowest BCUT2D eigenvalue weighted by Gasteiger charge is -2.18. The van der Waals surface area contributed by atoms with Gasteiger partial charge in [0, 0.05) is 31.9 Å². The number of rotatable bonds is 10. The second kappa shape index (κ2) is 15.6. The first-order valence-electron chi connectivity index (χ1n) is 14.7. The van der Waals surface area contributed by atoms with E-state index in [0.29, 0.717) is 26.9 Å². The number of amides is 3. The first kappa shape index (κ1) is 33.5. The molecular formula is C38H31Cl2N3O3S. The fraction of sp³-hybridized carbons (Fsp3) is 0.0789. The average molecular weight is 681 g/mol. The van der Waals surface area contributed by atoms with Gasteiger partial charge in [-0.15, -0.1) is 11.8 Å². The van der Waals surface area contributed by atoms with Crippen molar-refractivity contribution in [2.24, 2.45) is 0 Å². The number of carbonyl (C=O) groups is 3. The van der Waals surface area contributed by atoms with Crippen LogP contribution in [-0.2, 0) is 9.59 Å². The molecule has 47 heavy (non-hydrogen) atoms. The van der Waals surface area contributed by atoms with E-state index in [-0.39, 0.29) is 11.6 Å². The van der Waals surface area contributed by atoms with Gasteiger partial charge in [0.15, 0.2) is 0 Å². The Kier molecular flexibility index (Phi) is 11.2. The molecule has 6 nitrogen and oxygen atoms in total. The minimum atomic E-state index is -0.546. The van der Waals surface area contributed by atoms with Gasteiger partial charge < -0.3 is 16.0 Å². The Hall–Kier alpha value is -4.82. The standard InChI is InChI=1S/C38H31Cl2N3O3S/c1-24-13-20-33(25(2)21-24)42-38(46)35(26-9-5-3-6-10-26)47-31-18-16-30(17-19-31)41-37(45)34(22-28-14-15-29(39)23-32(28)40)43-36(44)27-11-7-4-8-12-27/h3-23,35H,1-2H3,(H,41,45)(H,42,46)(H,43,44)/b34-22-. The van der Waals surface area contributed by atoms with Gasteiger partial charge in [0.2, 0.25) is 5.91 Å². The summed E-state index contributed by atoms with van der Waals surface area (Å²) in [5.74, 6) is -1.14. The van der Waals surface area contributed by atoms with Crippen molar-refractivity contribution >= 4 is 70.1 Å². The Balaban J connectivity index is 1.34. The molecule has 0 aliphatic rings. The van der Waals surface area contributed by atoms with Gasteiger partial charge >= 0.3 is 0 Å². The number of hydrogen-bond donors (Lipinski definition) is 3. The van der Waals surface area contributed by atoms with E-state index in [1.54, 1.807) is 60.7 Å². The molecule has 3 amide bonds. The number of nitrogens with one attached hydrogen (secondary N) is 3. The molecule has 0 fully saturated rings. The highest BCUT2D eigenvalue weighted by Gasteiger charge is 2.23. The van der Waals surface area contributed by atoms with Crippen LogP contribution in [0.25, 0.3) is 6.08 Å². The molecule has 0 heterocycles. The van der Waals surface area contributed by atoms with Gasteiger partial charge in [-0.3, -0.25) is 14.4 Å². The van der Waals surface area contributed by atoms with Gasteiger partial charge in [-0.05, 0) is 91.2 Å². The predicted octanol–water partition coefficient (Wildman–Crippen LogP) is 9.49. The monoisotopic (exact) mass is 679 g/mol. The zero-order valence-electron chi connectivity index (χ0n) is 25.6. The second-order valence-electron chi connectivity index (χ2n) is 10.7. The van der Waals surface area contributed by atoms with Crippen LogP contribution in [0.15, 0.2) is 132 Å². The number of aryl methyl sites for hydroxylation is 2. The molecule has 9 heteroatoms. The van der Waals surface area contributed by atoms with E-state index in [1.165, 1.54) is 17.8 Å². The minimum Gasteiger partial charge on any atom is -0.325 e. The van der Waals surface area contributed by atoms with E-state index in [1.807, 2.05) is 74.5 Å². The lowest BCUT2D eigenvalue weighted by Crippen LogP contribution is -2.30. The lowest BCUT2D eigenvalue weighted by atomic mass is 10.1. The summed E-state index contributed by atoms with van der Waals surface area (Å²) in [6, 6.07) is 36.1. The molecular weight excluding hydrogens is 649 g/mol. The van der Waals surface area contributed by atoms with Crippen molar-refractivity contribution in [3.8, 4) is 0 Å². The van der Waals surface area contributed by atoms with E-state index >= 15 is 0 Å². The predicted molar refractivity (Wildman–Crippen MR) is 193 cm³/mol. The van der Waals surface area contributed by atoms with Gasteiger partial charge in [-0.2, -0.15) is 0 Å². The molecule has 1 unspecified atom stereocenters. The van der Waals surface area contributed by atoms with E-state index < -0.39 is 17.1 Å². The van der Waals surface area contributed by atoms with Gasteiger partial charge in [0.25, 0.3) is 11.8 Å². The van der Waals surface area contributed by atoms with Crippen LogP contribution in [0, 0.1) is 13.8 Å². The van der Waals surface area contributed by atoms with Crippen LogP contribution in [0.1, 0.15) is 37.9 Å². The van der Waals surface area contributed by atoms with Crippen LogP contribution in [0.5, 0.6) is 0 Å². The van der Waals surface area contributed by atoms with Crippen LogP contribution >= 0.6 is 35.0 Å². The van der Waals surface area contributed by atoms with Crippen LogP contribution in [0.2, 0.25) is 10.0 Å². The maximum atomic E-state index is 13.6. The van der Waals surface area contributed by atoms with Crippen molar-refractivity contribution in [2.45, 2.75) is 24.0 Å². The van der Waals surface area contributed by atoms with Gasteiger partial charge in [0.05, 0.1) is 0 Å². The fourth-order valence-corrected chi connectivity index (χ4v) is 6.21. The number of thioether (sulfide) groups is 1. The molecule has 0 saturated heterocycles. The van der Waals surface area contributed by atoms with E-state index in [9.17, 15) is 14.4 Å². The highest BCUT2D eigenvalue weighted by Crippen LogP contribution is 2.37. The Morgan fingerprint density at radius 1 is 0.745 bits per heavy atom. The summed E-state index contributed by atoms with van der Waals surface area (Å²) < 4.78 is 0. The van der Waals surface area contributed by atoms with Crippen molar-refractivity contribution in [1.82, 2.24) is 5.32 Å². The van der Waals surface area contributed by atoms with Crippen LogP contribution in [0.3, 0.4) is 0 Å². The molecule has 0 spiro atoms. The van der Waals surface area contributed by atoms with Crippen LogP contribution < -0.4 is 16.0 Å². The van der Waals surface area contributed by atoms with Crippen LogP contribution in [0.4, 0.5) is 11.4 Å². The SMILES string of the molecule is Cc1ccc(NC(=O)C(Sc2ccc(NC(=O)/C(=C/c3ccc(Cl)cc3Cl)NC(=O)c3ccccc3)cc2)c2ccccc2)c(C)c1. The average Bonchev–Trinajstić information content (AvgIpc) is 3.07. The Bertz CT molecular complexity index is 1930. The quantitative estimate of drug-likeness (QED) is 0.101. The Morgan fingerprint density at radius 3 is 2.09 bits per heavy atom. The molecule has 5 aromatic rings. The summed E-state index contributed by atoms with van der Waals surface area (Å²) in [7, 11) is 0. The molecule has 0 aliphatic heterocycles. The largest absolute Gasteiger partial charge is 0.325 e. The van der Waals surface area contributed by atoms with E-state index in [4.69, 9.17) is 23.2 Å². The summed E-state index contributed by atoms with van der Waals surface area (Å²) in [4.78, 5) is 40.9. The fourth-order valence-electron chi connectivity index (χ4n) is 4.72. The minimum absolute atomic E-state index is 0.00580. The highest BCUT2D eigenvalue weighted by atomic mass is 35.5. The molecule has 0 radical (unpaired) electrons. The number of carbonyl (C=O) groups excluding carboxylic acids is 3. The van der Waals surface area contributed by atoms with E-state index in [0.717, 1.165) is 27.3 Å². The molecule has 5 rings (SSSR count). The number of hydrogen-bond acceptors (Lipinski definition) is 4. The van der Waals surface area contributed by atoms with Crippen LogP contribution in [-0.4, -0.2) is 17.7 Å². The lowest BCUT2D eigenvalue weighted by molar-refractivity contribution is -0.116. The molecule has 0 aliphatic carbocycles. The zero-order valence-corrected chi connectivity index (χ0v) is 27.9. The summed E-state index contributed by atoms with van der Waals surface area (Å²) in [5.41, 5.74) is 5.13. The third-order valence-corrected chi connectivity index (χ3v) is 8.97. The maximum absolute atomic E-state index is 13.6.